The summed E-state index contributed by atoms with van der Waals surface area (Å²) in [5.41, 5.74) is 1.54. The molecule has 2 aliphatic rings. The summed E-state index contributed by atoms with van der Waals surface area (Å²) in [5, 5.41) is 34.9. The number of rotatable bonds is 3. The fraction of sp³-hybridized carbons (Fsp3) is 0.400. The number of aromatic nitrogens is 1. The fourth-order valence-electron chi connectivity index (χ4n) is 6.61. The normalized spacial score (nSPS) is 16.3. The van der Waals surface area contributed by atoms with Crippen LogP contribution in [0.4, 0.5) is 0 Å². The van der Waals surface area contributed by atoms with E-state index in [4.69, 9.17) is 20.8 Å². The molecule has 2 aromatic carbocycles. The predicted octanol–water partition coefficient (Wildman–Crippen LogP) is 5.58. The highest BCUT2D eigenvalue weighted by atomic mass is 35.5. The third-order valence-electron chi connectivity index (χ3n) is 8.52. The summed E-state index contributed by atoms with van der Waals surface area (Å²) < 4.78 is 13.4. The van der Waals surface area contributed by atoms with Gasteiger partial charge in [-0.15, -0.1) is 0 Å². The molecule has 0 unspecified atom stereocenters. The number of hydrogen-bond donors (Lipinski definition) is 3. The quantitative estimate of drug-likeness (QED) is 0.284. The van der Waals surface area contributed by atoms with E-state index in [1.165, 1.54) is 11.7 Å². The Hall–Kier alpha value is -3.65. The number of methoxy groups -OCH3 is 1. The first kappa shape index (κ1) is 25.6. The smallest absolute Gasteiger partial charge is 0.262 e. The molecule has 0 spiro atoms. The van der Waals surface area contributed by atoms with Crippen molar-refractivity contribution in [2.24, 2.45) is 7.05 Å². The molecule has 4 aromatic rings. The second-order valence-corrected chi connectivity index (χ2v) is 11.1. The molecule has 8 nitrogen and oxygen atoms in total. The number of phenols is 3. The second-order valence-electron chi connectivity index (χ2n) is 10.7. The first-order valence-electron chi connectivity index (χ1n) is 13.3. The van der Waals surface area contributed by atoms with Gasteiger partial charge in [0.15, 0.2) is 16.8 Å². The molecule has 0 aliphatic heterocycles. The number of ether oxygens (including phenoxy) is 1. The van der Waals surface area contributed by atoms with E-state index in [1.807, 2.05) is 13.8 Å². The van der Waals surface area contributed by atoms with Gasteiger partial charge in [-0.1, -0.05) is 31.9 Å². The zero-order valence-electron chi connectivity index (χ0n) is 22.3. The van der Waals surface area contributed by atoms with Gasteiger partial charge in [0.1, 0.15) is 28.4 Å². The molecule has 0 saturated carbocycles. The van der Waals surface area contributed by atoms with Crippen molar-refractivity contribution in [1.29, 1.82) is 0 Å². The molecule has 2 aromatic heterocycles. The van der Waals surface area contributed by atoms with Gasteiger partial charge in [0.25, 0.3) is 5.56 Å². The van der Waals surface area contributed by atoms with Crippen LogP contribution in [0.3, 0.4) is 0 Å². The van der Waals surface area contributed by atoms with E-state index in [1.54, 1.807) is 7.05 Å². The van der Waals surface area contributed by atoms with Crippen LogP contribution in [0.25, 0.3) is 32.9 Å². The Morgan fingerprint density at radius 1 is 0.974 bits per heavy atom. The minimum atomic E-state index is -0.518. The Morgan fingerprint density at radius 3 is 2.33 bits per heavy atom. The largest absolute Gasteiger partial charge is 0.507 e. The number of pyridine rings is 1. The van der Waals surface area contributed by atoms with Crippen LogP contribution in [0.15, 0.2) is 14.0 Å². The molecule has 0 bridgehead atoms. The molecule has 6 rings (SSSR count). The van der Waals surface area contributed by atoms with Crippen LogP contribution >= 0.6 is 11.6 Å². The van der Waals surface area contributed by atoms with Gasteiger partial charge in [-0.25, -0.2) is 0 Å². The van der Waals surface area contributed by atoms with Crippen molar-refractivity contribution in [3.63, 3.8) is 0 Å². The molecule has 39 heavy (non-hydrogen) atoms. The average molecular weight is 552 g/mol. The highest BCUT2D eigenvalue weighted by molar-refractivity contribution is 6.37. The minimum Gasteiger partial charge on any atom is -0.507 e. The number of nitrogens with zero attached hydrogens (tertiary/aromatic N) is 1. The molecule has 0 saturated heterocycles. The van der Waals surface area contributed by atoms with Gasteiger partial charge in [0, 0.05) is 46.5 Å². The highest BCUT2D eigenvalue weighted by Gasteiger charge is 2.36. The maximum atomic E-state index is 13.8. The summed E-state index contributed by atoms with van der Waals surface area (Å²) in [4.78, 5) is 27.2. The maximum absolute atomic E-state index is 13.8. The lowest BCUT2D eigenvalue weighted by Gasteiger charge is -2.28. The Kier molecular flexibility index (Phi) is 5.88. The summed E-state index contributed by atoms with van der Waals surface area (Å²) in [6.45, 7) is 3.97. The van der Waals surface area contributed by atoms with Gasteiger partial charge in [-0.05, 0) is 38.5 Å². The highest BCUT2D eigenvalue weighted by Crippen LogP contribution is 2.56. The number of fused-ring (bicyclic) bond motifs is 6. The zero-order valence-corrected chi connectivity index (χ0v) is 23.1. The minimum absolute atomic E-state index is 0.0329. The SMILES string of the molecule is CCCc1c(Cl)c2c(O)c3c(c(O)c2c(=O)n1C)-c1c(c(OC)c2oc4c(c(=O)c2c1O)CCC[C@@H]4C)CC3. The molecule has 0 amide bonds. The Bertz CT molecular complexity index is 1850. The van der Waals surface area contributed by atoms with Crippen molar-refractivity contribution in [3.8, 4) is 34.1 Å². The molecule has 2 aliphatic carbocycles. The molecule has 0 fully saturated rings. The number of aromatic hydroxyl groups is 3. The summed E-state index contributed by atoms with van der Waals surface area (Å²) >= 11 is 6.72. The lowest BCUT2D eigenvalue weighted by atomic mass is 9.80. The molecule has 0 radical (unpaired) electrons. The van der Waals surface area contributed by atoms with Crippen molar-refractivity contribution >= 4 is 33.3 Å². The van der Waals surface area contributed by atoms with Crippen LogP contribution in [0.1, 0.15) is 67.2 Å². The van der Waals surface area contributed by atoms with Gasteiger partial charge in [0.2, 0.25) is 0 Å². The van der Waals surface area contributed by atoms with Crippen molar-refractivity contribution in [2.75, 3.05) is 7.11 Å². The molecule has 9 heteroatoms. The standard InChI is InChI=1S/C30H30ClNO7/c1-5-7-16-22(31)19-20(30(37)32(16)3)25(35)17-13(23(19)33)10-11-14-18(17)26(36)21-24(34)15-9-6-8-12(2)27(15)39-29(21)28(14)38-4/h12,33,35-36H,5-11H2,1-4H3/t12-/m0/s1. The number of phenolic OH excluding ortho intramolecular Hbond substituents is 3. The second kappa shape index (κ2) is 8.95. The van der Waals surface area contributed by atoms with Gasteiger partial charge in [-0.3, -0.25) is 9.59 Å². The first-order valence-corrected chi connectivity index (χ1v) is 13.7. The van der Waals surface area contributed by atoms with Crippen LogP contribution in [0, 0.1) is 0 Å². The van der Waals surface area contributed by atoms with E-state index in [0.29, 0.717) is 53.2 Å². The van der Waals surface area contributed by atoms with E-state index in [0.717, 1.165) is 19.3 Å². The third-order valence-corrected chi connectivity index (χ3v) is 8.92. The van der Waals surface area contributed by atoms with E-state index in [-0.39, 0.29) is 67.2 Å². The summed E-state index contributed by atoms with van der Waals surface area (Å²) in [5.74, 6) is -0.0221. The summed E-state index contributed by atoms with van der Waals surface area (Å²) in [6.07, 6.45) is 4.12. The maximum Gasteiger partial charge on any atom is 0.262 e. The molecule has 3 N–H and O–H groups in total. The Morgan fingerprint density at radius 2 is 1.64 bits per heavy atom. The molecule has 2 heterocycles. The molecule has 204 valence electrons. The topological polar surface area (TPSA) is 122 Å². The van der Waals surface area contributed by atoms with Crippen LogP contribution in [0.5, 0.6) is 23.0 Å². The zero-order chi connectivity index (χ0) is 27.9. The van der Waals surface area contributed by atoms with Crippen molar-refractivity contribution in [2.45, 2.75) is 64.7 Å². The van der Waals surface area contributed by atoms with E-state index >= 15 is 0 Å². The van der Waals surface area contributed by atoms with Crippen molar-refractivity contribution in [1.82, 2.24) is 4.57 Å². The fourth-order valence-corrected chi connectivity index (χ4v) is 7.02. The average Bonchev–Trinajstić information content (AvgIpc) is 2.92. The molecule has 1 atom stereocenters. The van der Waals surface area contributed by atoms with Crippen molar-refractivity contribution in [3.05, 3.63) is 53.7 Å². The van der Waals surface area contributed by atoms with E-state index < -0.39 is 11.3 Å². The van der Waals surface area contributed by atoms with E-state index in [9.17, 15) is 24.9 Å². The number of halogens is 1. The monoisotopic (exact) mass is 551 g/mol. The number of benzene rings is 2. The lowest BCUT2D eigenvalue weighted by Crippen LogP contribution is -2.22. The van der Waals surface area contributed by atoms with Crippen LogP contribution in [-0.4, -0.2) is 27.0 Å². The van der Waals surface area contributed by atoms with Crippen LogP contribution in [-0.2, 0) is 32.7 Å². The van der Waals surface area contributed by atoms with Gasteiger partial charge >= 0.3 is 0 Å². The molecular formula is C30H30ClNO7. The number of hydrogen-bond acceptors (Lipinski definition) is 7. The molecular weight excluding hydrogens is 522 g/mol. The van der Waals surface area contributed by atoms with Gasteiger partial charge in [-0.2, -0.15) is 0 Å². The van der Waals surface area contributed by atoms with E-state index in [2.05, 4.69) is 0 Å². The lowest BCUT2D eigenvalue weighted by molar-refractivity contribution is 0.386. The van der Waals surface area contributed by atoms with Crippen molar-refractivity contribution < 1.29 is 24.5 Å². The predicted molar refractivity (Wildman–Crippen MR) is 150 cm³/mol. The third kappa shape index (κ3) is 3.30. The van der Waals surface area contributed by atoms with Crippen LogP contribution in [0.2, 0.25) is 5.02 Å². The Labute approximate surface area is 229 Å². The van der Waals surface area contributed by atoms with Gasteiger partial charge in [0.05, 0.1) is 22.9 Å². The summed E-state index contributed by atoms with van der Waals surface area (Å²) in [7, 11) is 3.04. The Balaban J connectivity index is 1.79. The van der Waals surface area contributed by atoms with Crippen LogP contribution < -0.4 is 15.7 Å². The van der Waals surface area contributed by atoms with Gasteiger partial charge < -0.3 is 29.0 Å². The first-order chi connectivity index (χ1) is 18.6. The summed E-state index contributed by atoms with van der Waals surface area (Å²) in [6, 6.07) is 0.